The van der Waals surface area contributed by atoms with Crippen LogP contribution in [0.1, 0.15) is 24.7 Å². The van der Waals surface area contributed by atoms with Crippen molar-refractivity contribution in [1.82, 2.24) is 14.5 Å². The molecular weight excluding hydrogens is 433 g/mol. The highest BCUT2D eigenvalue weighted by Gasteiger charge is 2.35. The van der Waals surface area contributed by atoms with Crippen molar-refractivity contribution < 1.29 is 22.0 Å². The SMILES string of the molecule is COc1ccc(Cl)cc1S(=O)(=O)N1CCC[C@@H](c2nnc(-c3ccc(F)cc3)o2)C1. The lowest BCUT2D eigenvalue weighted by molar-refractivity contribution is 0.285. The Morgan fingerprint density at radius 1 is 1.20 bits per heavy atom. The molecule has 0 spiro atoms. The molecule has 0 bridgehead atoms. The molecule has 0 aliphatic carbocycles. The van der Waals surface area contributed by atoms with Crippen LogP contribution < -0.4 is 4.74 Å². The van der Waals surface area contributed by atoms with Crippen molar-refractivity contribution in [3.63, 3.8) is 0 Å². The van der Waals surface area contributed by atoms with E-state index < -0.39 is 10.0 Å². The van der Waals surface area contributed by atoms with Gasteiger partial charge in [0.15, 0.2) is 0 Å². The molecule has 1 aliphatic heterocycles. The molecule has 4 rings (SSSR count). The second kappa shape index (κ2) is 8.33. The van der Waals surface area contributed by atoms with Crippen LogP contribution in [0.25, 0.3) is 11.5 Å². The zero-order chi connectivity index (χ0) is 21.3. The minimum absolute atomic E-state index is 0.0238. The number of nitrogens with zero attached hydrogens (tertiary/aromatic N) is 3. The van der Waals surface area contributed by atoms with E-state index in [0.29, 0.717) is 35.9 Å². The molecule has 7 nitrogen and oxygen atoms in total. The first-order valence-corrected chi connectivity index (χ1v) is 11.1. The highest BCUT2D eigenvalue weighted by molar-refractivity contribution is 7.89. The zero-order valence-electron chi connectivity index (χ0n) is 16.1. The molecule has 2 heterocycles. The lowest BCUT2D eigenvalue weighted by Gasteiger charge is -2.30. The van der Waals surface area contributed by atoms with Crippen LogP contribution in [0.4, 0.5) is 4.39 Å². The third-order valence-electron chi connectivity index (χ3n) is 5.01. The molecule has 1 aromatic heterocycles. The number of ether oxygens (including phenoxy) is 1. The average Bonchev–Trinajstić information content (AvgIpc) is 3.24. The zero-order valence-corrected chi connectivity index (χ0v) is 17.7. The molecule has 2 aromatic carbocycles. The second-order valence-electron chi connectivity index (χ2n) is 6.95. The summed E-state index contributed by atoms with van der Waals surface area (Å²) in [5, 5.41) is 8.44. The van der Waals surface area contributed by atoms with Crippen LogP contribution in [0, 0.1) is 5.82 Å². The number of halogens is 2. The van der Waals surface area contributed by atoms with E-state index in [0.717, 1.165) is 0 Å². The Morgan fingerprint density at radius 3 is 2.70 bits per heavy atom. The molecular formula is C20H19ClFN3O4S. The maximum absolute atomic E-state index is 13.2. The first-order chi connectivity index (χ1) is 14.4. The van der Waals surface area contributed by atoms with Crippen LogP contribution >= 0.6 is 11.6 Å². The van der Waals surface area contributed by atoms with E-state index in [4.69, 9.17) is 20.8 Å². The largest absolute Gasteiger partial charge is 0.495 e. The van der Waals surface area contributed by atoms with Crippen molar-refractivity contribution in [2.24, 2.45) is 0 Å². The fourth-order valence-electron chi connectivity index (χ4n) is 3.46. The number of hydrogen-bond acceptors (Lipinski definition) is 6. The van der Waals surface area contributed by atoms with Gasteiger partial charge in [0.1, 0.15) is 16.5 Å². The predicted octanol–water partition coefficient (Wildman–Crippen LogP) is 4.11. The maximum Gasteiger partial charge on any atom is 0.247 e. The summed E-state index contributed by atoms with van der Waals surface area (Å²) in [4.78, 5) is 0.0238. The van der Waals surface area contributed by atoms with E-state index in [9.17, 15) is 12.8 Å². The molecule has 0 radical (unpaired) electrons. The van der Waals surface area contributed by atoms with Crippen molar-refractivity contribution in [3.8, 4) is 17.2 Å². The summed E-state index contributed by atoms with van der Waals surface area (Å²) in [5.74, 6) is 0.246. The Kier molecular flexibility index (Phi) is 5.77. The van der Waals surface area contributed by atoms with Gasteiger partial charge < -0.3 is 9.15 Å². The normalized spacial score (nSPS) is 17.8. The molecule has 3 aromatic rings. The van der Waals surface area contributed by atoms with Gasteiger partial charge in [0.05, 0.1) is 13.0 Å². The number of sulfonamides is 1. The Labute approximate surface area is 178 Å². The highest BCUT2D eigenvalue weighted by atomic mass is 35.5. The minimum Gasteiger partial charge on any atom is -0.495 e. The number of piperidine rings is 1. The maximum atomic E-state index is 13.2. The lowest BCUT2D eigenvalue weighted by Crippen LogP contribution is -2.39. The van der Waals surface area contributed by atoms with Crippen LogP contribution in [0.5, 0.6) is 5.75 Å². The molecule has 1 aliphatic rings. The summed E-state index contributed by atoms with van der Waals surface area (Å²) < 4.78 is 52.0. The van der Waals surface area contributed by atoms with Gasteiger partial charge in [-0.2, -0.15) is 4.31 Å². The second-order valence-corrected chi connectivity index (χ2v) is 9.29. The van der Waals surface area contributed by atoms with E-state index >= 15 is 0 Å². The van der Waals surface area contributed by atoms with E-state index in [-0.39, 0.29) is 34.8 Å². The van der Waals surface area contributed by atoms with Crippen LogP contribution in [0.3, 0.4) is 0 Å². The van der Waals surface area contributed by atoms with E-state index in [1.54, 1.807) is 18.2 Å². The number of rotatable bonds is 5. The monoisotopic (exact) mass is 451 g/mol. The number of hydrogen-bond donors (Lipinski definition) is 0. The van der Waals surface area contributed by atoms with Gasteiger partial charge in [0.2, 0.25) is 21.8 Å². The molecule has 0 saturated carbocycles. The summed E-state index contributed by atoms with van der Waals surface area (Å²) in [6, 6.07) is 10.2. The Balaban J connectivity index is 1.58. The topological polar surface area (TPSA) is 85.5 Å². The van der Waals surface area contributed by atoms with Crippen molar-refractivity contribution >= 4 is 21.6 Å². The fourth-order valence-corrected chi connectivity index (χ4v) is 5.40. The molecule has 30 heavy (non-hydrogen) atoms. The summed E-state index contributed by atoms with van der Waals surface area (Å²) >= 11 is 6.02. The number of aromatic nitrogens is 2. The third-order valence-corrected chi connectivity index (χ3v) is 7.13. The Morgan fingerprint density at radius 2 is 1.97 bits per heavy atom. The van der Waals surface area contributed by atoms with E-state index in [2.05, 4.69) is 10.2 Å². The van der Waals surface area contributed by atoms with Gasteiger partial charge in [0.25, 0.3) is 0 Å². The Hall–Kier alpha value is -2.49. The molecule has 1 saturated heterocycles. The molecule has 1 fully saturated rings. The quantitative estimate of drug-likeness (QED) is 0.580. The highest BCUT2D eigenvalue weighted by Crippen LogP contribution is 2.34. The van der Waals surface area contributed by atoms with Gasteiger partial charge in [-0.3, -0.25) is 0 Å². The fraction of sp³-hybridized carbons (Fsp3) is 0.300. The standard InChI is InChI=1S/C20H19ClFN3O4S/c1-28-17-9-6-15(21)11-18(17)30(26,27)25-10-2-3-14(12-25)20-24-23-19(29-20)13-4-7-16(22)8-5-13/h4-9,11,14H,2-3,10,12H2,1H3/t14-/m1/s1. The summed E-state index contributed by atoms with van der Waals surface area (Å²) in [6.07, 6.45) is 1.35. The Bertz CT molecular complexity index is 1150. The van der Waals surface area contributed by atoms with Crippen molar-refractivity contribution in [3.05, 3.63) is 59.2 Å². The summed E-state index contributed by atoms with van der Waals surface area (Å²) in [7, 11) is -2.41. The predicted molar refractivity (Wildman–Crippen MR) is 108 cm³/mol. The average molecular weight is 452 g/mol. The molecule has 0 unspecified atom stereocenters. The lowest BCUT2D eigenvalue weighted by atomic mass is 10.00. The third kappa shape index (κ3) is 4.05. The molecule has 10 heteroatoms. The molecule has 0 N–H and O–H groups in total. The van der Waals surface area contributed by atoms with Gasteiger partial charge in [-0.15, -0.1) is 10.2 Å². The molecule has 0 amide bonds. The molecule has 1 atom stereocenters. The van der Waals surface area contributed by atoms with Gasteiger partial charge in [0, 0.05) is 23.7 Å². The van der Waals surface area contributed by atoms with Crippen LogP contribution in [0.2, 0.25) is 5.02 Å². The summed E-state index contributed by atoms with van der Waals surface area (Å²) in [6.45, 7) is 0.566. The van der Waals surface area contributed by atoms with Crippen molar-refractivity contribution in [2.45, 2.75) is 23.7 Å². The van der Waals surface area contributed by atoms with Crippen molar-refractivity contribution in [1.29, 1.82) is 0 Å². The minimum atomic E-state index is -3.83. The van der Waals surface area contributed by atoms with Gasteiger partial charge in [-0.25, -0.2) is 12.8 Å². The summed E-state index contributed by atoms with van der Waals surface area (Å²) in [5.41, 5.74) is 0.596. The van der Waals surface area contributed by atoms with Gasteiger partial charge in [-0.1, -0.05) is 11.6 Å². The van der Waals surface area contributed by atoms with Crippen LogP contribution in [0.15, 0.2) is 51.8 Å². The van der Waals surface area contributed by atoms with E-state index in [1.165, 1.54) is 35.7 Å². The van der Waals surface area contributed by atoms with Crippen LogP contribution in [-0.4, -0.2) is 43.1 Å². The number of methoxy groups -OCH3 is 1. The van der Waals surface area contributed by atoms with Gasteiger partial charge in [-0.05, 0) is 55.3 Å². The first kappa shape index (κ1) is 20.8. The molecule has 158 valence electrons. The van der Waals surface area contributed by atoms with Crippen LogP contribution in [-0.2, 0) is 10.0 Å². The van der Waals surface area contributed by atoms with Crippen molar-refractivity contribution in [2.75, 3.05) is 20.2 Å². The van der Waals surface area contributed by atoms with E-state index in [1.807, 2.05) is 0 Å². The first-order valence-electron chi connectivity index (χ1n) is 9.31. The number of benzene rings is 2. The smallest absolute Gasteiger partial charge is 0.247 e. The van der Waals surface area contributed by atoms with Gasteiger partial charge >= 0.3 is 0 Å².